The Morgan fingerprint density at radius 1 is 1.44 bits per heavy atom. The van der Waals surface area contributed by atoms with Gasteiger partial charge >= 0.3 is 12.1 Å². The smallest absolute Gasteiger partial charge is 0.433 e. The third-order valence-corrected chi connectivity index (χ3v) is 1.47. The molecule has 0 spiro atoms. The molecule has 0 fully saturated rings. The number of halogens is 3. The molecule has 0 unspecified atom stereocenters. The topological polar surface area (TPSA) is 52.1 Å². The average Bonchev–Trinajstić information content (AvgIpc) is 2.15. The average molecular weight is 234 g/mol. The van der Waals surface area contributed by atoms with E-state index in [1.54, 1.807) is 13.8 Å². The van der Waals surface area contributed by atoms with Gasteiger partial charge in [0.1, 0.15) is 5.69 Å². The summed E-state index contributed by atoms with van der Waals surface area (Å²) in [4.78, 5) is 17.7. The van der Waals surface area contributed by atoms with E-state index in [1.807, 2.05) is 0 Å². The number of carbonyl (C=O) groups excluding carboxylic acids is 1. The van der Waals surface area contributed by atoms with Crippen LogP contribution in [0.4, 0.5) is 13.2 Å². The zero-order chi connectivity index (χ0) is 12.3. The van der Waals surface area contributed by atoms with Crippen LogP contribution in [-0.2, 0) is 10.9 Å². The van der Waals surface area contributed by atoms with Crippen molar-refractivity contribution in [2.75, 3.05) is 0 Å². The Hall–Kier alpha value is -1.66. The van der Waals surface area contributed by atoms with Crippen LogP contribution >= 0.6 is 0 Å². The highest BCUT2D eigenvalue weighted by atomic mass is 19.4. The van der Waals surface area contributed by atoms with Crippen LogP contribution in [0.5, 0.6) is 0 Å². The van der Waals surface area contributed by atoms with Crippen LogP contribution in [0.2, 0.25) is 0 Å². The van der Waals surface area contributed by atoms with Crippen molar-refractivity contribution in [2.24, 2.45) is 0 Å². The number of hydrogen-bond acceptors (Lipinski definition) is 4. The highest BCUT2D eigenvalue weighted by Crippen LogP contribution is 2.26. The zero-order valence-corrected chi connectivity index (χ0v) is 8.58. The molecule has 0 aromatic carbocycles. The van der Waals surface area contributed by atoms with Gasteiger partial charge in [-0.15, -0.1) is 0 Å². The SMILES string of the molecule is CC(C)OC(=O)c1nccc(C(F)(F)F)n1. The number of ether oxygens (including phenoxy) is 1. The second-order valence-electron chi connectivity index (χ2n) is 3.22. The van der Waals surface area contributed by atoms with Gasteiger partial charge in [-0.2, -0.15) is 13.2 Å². The fourth-order valence-corrected chi connectivity index (χ4v) is 0.882. The van der Waals surface area contributed by atoms with Crippen molar-refractivity contribution in [3.63, 3.8) is 0 Å². The molecule has 0 bridgehead atoms. The molecule has 1 rings (SSSR count). The predicted octanol–water partition coefficient (Wildman–Crippen LogP) is 2.06. The molecule has 0 saturated heterocycles. The monoisotopic (exact) mass is 234 g/mol. The molecule has 4 nitrogen and oxygen atoms in total. The molecule has 0 N–H and O–H groups in total. The summed E-state index contributed by atoms with van der Waals surface area (Å²) in [6.45, 7) is 3.15. The number of alkyl halides is 3. The Balaban J connectivity index is 2.95. The number of nitrogens with zero attached hydrogens (tertiary/aromatic N) is 2. The summed E-state index contributed by atoms with van der Waals surface area (Å²) in [5, 5.41) is 0. The first kappa shape index (κ1) is 12.4. The van der Waals surface area contributed by atoms with Crippen LogP contribution in [0, 0.1) is 0 Å². The standard InChI is InChI=1S/C9H9F3N2O2/c1-5(2)16-8(15)7-13-4-3-6(14-7)9(10,11)12/h3-5H,1-2H3. The lowest BCUT2D eigenvalue weighted by Crippen LogP contribution is -2.17. The molecule has 0 aliphatic heterocycles. The normalized spacial score (nSPS) is 11.6. The first-order valence-electron chi connectivity index (χ1n) is 4.42. The van der Waals surface area contributed by atoms with E-state index in [4.69, 9.17) is 0 Å². The Morgan fingerprint density at radius 2 is 2.06 bits per heavy atom. The quantitative estimate of drug-likeness (QED) is 0.735. The fourth-order valence-electron chi connectivity index (χ4n) is 0.882. The number of aromatic nitrogens is 2. The van der Waals surface area contributed by atoms with Gasteiger partial charge in [-0.3, -0.25) is 0 Å². The van der Waals surface area contributed by atoms with Gasteiger partial charge in [-0.05, 0) is 19.9 Å². The molecule has 0 saturated carbocycles. The van der Waals surface area contributed by atoms with E-state index >= 15 is 0 Å². The minimum atomic E-state index is -4.60. The van der Waals surface area contributed by atoms with Crippen LogP contribution in [0.1, 0.15) is 30.2 Å². The number of carbonyl (C=O) groups is 1. The van der Waals surface area contributed by atoms with Crippen molar-refractivity contribution in [3.05, 3.63) is 23.8 Å². The molecular weight excluding hydrogens is 225 g/mol. The molecule has 7 heteroatoms. The molecule has 0 aliphatic rings. The minimum Gasteiger partial charge on any atom is -0.457 e. The minimum absolute atomic E-state index is 0.439. The van der Waals surface area contributed by atoms with E-state index in [0.29, 0.717) is 6.07 Å². The Kier molecular flexibility index (Phi) is 3.46. The highest BCUT2D eigenvalue weighted by Gasteiger charge is 2.33. The van der Waals surface area contributed by atoms with E-state index in [-0.39, 0.29) is 0 Å². The highest BCUT2D eigenvalue weighted by molar-refractivity contribution is 5.85. The molecule has 1 aromatic heterocycles. The summed E-state index contributed by atoms with van der Waals surface area (Å²) >= 11 is 0. The van der Waals surface area contributed by atoms with Crippen molar-refractivity contribution in [1.29, 1.82) is 0 Å². The maximum Gasteiger partial charge on any atom is 0.433 e. The molecule has 0 aliphatic carbocycles. The third-order valence-electron chi connectivity index (χ3n) is 1.47. The molecule has 0 atom stereocenters. The molecular formula is C9H9F3N2O2. The van der Waals surface area contributed by atoms with Gasteiger partial charge in [0, 0.05) is 6.20 Å². The lowest BCUT2D eigenvalue weighted by Gasteiger charge is -2.08. The number of esters is 1. The van der Waals surface area contributed by atoms with Crippen molar-refractivity contribution < 1.29 is 22.7 Å². The van der Waals surface area contributed by atoms with Crippen LogP contribution in [0.25, 0.3) is 0 Å². The van der Waals surface area contributed by atoms with Gasteiger partial charge in [-0.25, -0.2) is 14.8 Å². The van der Waals surface area contributed by atoms with Crippen molar-refractivity contribution in [1.82, 2.24) is 9.97 Å². The number of hydrogen-bond donors (Lipinski definition) is 0. The van der Waals surface area contributed by atoms with Gasteiger partial charge in [0.25, 0.3) is 0 Å². The maximum atomic E-state index is 12.3. The first-order chi connectivity index (χ1) is 7.30. The van der Waals surface area contributed by atoms with Crippen LogP contribution < -0.4 is 0 Å². The summed E-state index contributed by atoms with van der Waals surface area (Å²) in [5.74, 6) is -1.57. The van der Waals surface area contributed by atoms with Gasteiger partial charge < -0.3 is 4.74 Å². The van der Waals surface area contributed by atoms with E-state index in [2.05, 4.69) is 14.7 Å². The van der Waals surface area contributed by atoms with Gasteiger partial charge in [-0.1, -0.05) is 0 Å². The zero-order valence-electron chi connectivity index (χ0n) is 8.58. The second kappa shape index (κ2) is 4.46. The third kappa shape index (κ3) is 3.18. The van der Waals surface area contributed by atoms with Crippen LogP contribution in [0.3, 0.4) is 0 Å². The van der Waals surface area contributed by atoms with E-state index in [1.165, 1.54) is 0 Å². The molecule has 1 heterocycles. The summed E-state index contributed by atoms with van der Waals surface area (Å²) in [6.07, 6.45) is -4.17. The van der Waals surface area contributed by atoms with E-state index in [9.17, 15) is 18.0 Å². The largest absolute Gasteiger partial charge is 0.457 e. The molecule has 1 aromatic rings. The van der Waals surface area contributed by atoms with Crippen molar-refractivity contribution in [3.8, 4) is 0 Å². The molecule has 0 radical (unpaired) electrons. The molecule has 88 valence electrons. The fraction of sp³-hybridized carbons (Fsp3) is 0.444. The summed E-state index contributed by atoms with van der Waals surface area (Å²) in [6, 6.07) is 0.687. The van der Waals surface area contributed by atoms with E-state index < -0.39 is 29.8 Å². The van der Waals surface area contributed by atoms with Crippen LogP contribution in [-0.4, -0.2) is 22.0 Å². The van der Waals surface area contributed by atoms with Crippen molar-refractivity contribution in [2.45, 2.75) is 26.1 Å². The second-order valence-corrected chi connectivity index (χ2v) is 3.22. The summed E-state index contributed by atoms with van der Waals surface area (Å²) < 4.78 is 41.4. The van der Waals surface area contributed by atoms with Gasteiger partial charge in [0.2, 0.25) is 5.82 Å². The summed E-state index contributed by atoms with van der Waals surface area (Å²) in [7, 11) is 0. The Morgan fingerprint density at radius 3 is 2.56 bits per heavy atom. The van der Waals surface area contributed by atoms with Crippen LogP contribution in [0.15, 0.2) is 12.3 Å². The van der Waals surface area contributed by atoms with Crippen molar-refractivity contribution >= 4 is 5.97 Å². The van der Waals surface area contributed by atoms with Gasteiger partial charge in [0.15, 0.2) is 0 Å². The molecule has 0 amide bonds. The summed E-state index contributed by atoms with van der Waals surface area (Å²) in [5.41, 5.74) is -1.17. The Bertz CT molecular complexity index is 391. The molecule has 16 heavy (non-hydrogen) atoms. The first-order valence-corrected chi connectivity index (χ1v) is 4.42. The van der Waals surface area contributed by atoms with Gasteiger partial charge in [0.05, 0.1) is 6.10 Å². The van der Waals surface area contributed by atoms with E-state index in [0.717, 1.165) is 6.20 Å². The lowest BCUT2D eigenvalue weighted by molar-refractivity contribution is -0.141. The Labute approximate surface area is 89.5 Å². The maximum absolute atomic E-state index is 12.3. The lowest BCUT2D eigenvalue weighted by atomic mass is 10.4. The predicted molar refractivity (Wildman–Crippen MR) is 47.6 cm³/mol. The number of rotatable bonds is 2.